The van der Waals surface area contributed by atoms with Crippen molar-refractivity contribution < 1.29 is 0 Å². The van der Waals surface area contributed by atoms with E-state index in [-0.39, 0.29) is 0 Å². The molecule has 1 aromatic carbocycles. The number of nitriles is 1. The van der Waals surface area contributed by atoms with Gasteiger partial charge in [0.2, 0.25) is 0 Å². The number of nitrogens with zero attached hydrogens (tertiary/aromatic N) is 2. The van der Waals surface area contributed by atoms with Crippen molar-refractivity contribution in [1.29, 1.82) is 5.26 Å². The van der Waals surface area contributed by atoms with Crippen molar-refractivity contribution >= 4 is 27.5 Å². The Labute approximate surface area is 99.8 Å². The maximum Gasteiger partial charge on any atom is 0.173 e. The summed E-state index contributed by atoms with van der Waals surface area (Å²) >= 11 is 9.22. The molecule has 1 heterocycles. The highest BCUT2D eigenvalue weighted by Gasteiger charge is 2.10. The summed E-state index contributed by atoms with van der Waals surface area (Å²) in [7, 11) is 0. The fourth-order valence-electron chi connectivity index (χ4n) is 1.21. The fraction of sp³-hybridized carbons (Fsp3) is 0. The Balaban J connectivity index is 2.56. The zero-order valence-corrected chi connectivity index (χ0v) is 9.80. The second kappa shape index (κ2) is 4.05. The number of imidazole rings is 1. The molecule has 1 aromatic heterocycles. The number of hydrogen-bond donors (Lipinski definition) is 1. The van der Waals surface area contributed by atoms with Crippen LogP contribution in [-0.2, 0) is 0 Å². The molecule has 0 spiro atoms. The molecular weight excluding hydrogens is 277 g/mol. The molecule has 0 saturated carbocycles. The minimum Gasteiger partial charge on any atom is -0.332 e. The first-order chi connectivity index (χ1) is 7.22. The highest BCUT2D eigenvalue weighted by atomic mass is 79.9. The summed E-state index contributed by atoms with van der Waals surface area (Å²) in [4.78, 5) is 7.06. The van der Waals surface area contributed by atoms with E-state index in [4.69, 9.17) is 16.9 Å². The van der Waals surface area contributed by atoms with Gasteiger partial charge in [0, 0.05) is 5.56 Å². The van der Waals surface area contributed by atoms with Crippen LogP contribution in [0.2, 0.25) is 5.02 Å². The van der Waals surface area contributed by atoms with Crippen LogP contribution < -0.4 is 0 Å². The van der Waals surface area contributed by atoms with Gasteiger partial charge in [0.25, 0.3) is 0 Å². The number of nitrogens with one attached hydrogen (secondary N) is 1. The second-order valence-electron chi connectivity index (χ2n) is 2.84. The van der Waals surface area contributed by atoms with Gasteiger partial charge in [-0.2, -0.15) is 5.26 Å². The minimum atomic E-state index is 0.324. The van der Waals surface area contributed by atoms with Crippen molar-refractivity contribution in [2.24, 2.45) is 0 Å². The van der Waals surface area contributed by atoms with Crippen LogP contribution in [0.5, 0.6) is 0 Å². The first-order valence-corrected chi connectivity index (χ1v) is 5.30. The average Bonchev–Trinajstić information content (AvgIpc) is 2.60. The predicted molar refractivity (Wildman–Crippen MR) is 61.4 cm³/mol. The molecule has 2 rings (SSSR count). The van der Waals surface area contributed by atoms with Gasteiger partial charge in [-0.25, -0.2) is 4.98 Å². The predicted octanol–water partition coefficient (Wildman–Crippen LogP) is 3.36. The van der Waals surface area contributed by atoms with Gasteiger partial charge in [-0.05, 0) is 28.1 Å². The first-order valence-electron chi connectivity index (χ1n) is 4.13. The Morgan fingerprint density at radius 3 is 2.73 bits per heavy atom. The summed E-state index contributed by atoms with van der Waals surface area (Å²) in [6.45, 7) is 0. The SMILES string of the molecule is N#Cc1nc(-c2ccccc2Cl)[nH]c1Br. The summed E-state index contributed by atoms with van der Waals surface area (Å²) in [6.07, 6.45) is 0. The number of benzene rings is 1. The number of aromatic amines is 1. The third-order valence-corrected chi connectivity index (χ3v) is 2.80. The fourth-order valence-corrected chi connectivity index (χ4v) is 1.80. The summed E-state index contributed by atoms with van der Waals surface area (Å²) in [5.74, 6) is 0.587. The van der Waals surface area contributed by atoms with Crippen LogP contribution in [0.25, 0.3) is 11.4 Å². The van der Waals surface area contributed by atoms with Crippen molar-refractivity contribution in [3.8, 4) is 17.5 Å². The molecule has 1 N–H and O–H groups in total. The molecule has 74 valence electrons. The smallest absolute Gasteiger partial charge is 0.173 e. The molecule has 3 nitrogen and oxygen atoms in total. The molecule has 0 saturated heterocycles. The average molecular weight is 283 g/mol. The van der Waals surface area contributed by atoms with Crippen molar-refractivity contribution in [2.75, 3.05) is 0 Å². The summed E-state index contributed by atoms with van der Waals surface area (Å²) < 4.78 is 0.569. The number of H-pyrrole nitrogens is 1. The highest BCUT2D eigenvalue weighted by Crippen LogP contribution is 2.27. The van der Waals surface area contributed by atoms with Crippen LogP contribution in [0.1, 0.15) is 5.69 Å². The van der Waals surface area contributed by atoms with Crippen LogP contribution in [-0.4, -0.2) is 9.97 Å². The lowest BCUT2D eigenvalue weighted by atomic mass is 10.2. The van der Waals surface area contributed by atoms with Crippen molar-refractivity contribution in [3.05, 3.63) is 39.6 Å². The Morgan fingerprint density at radius 1 is 1.40 bits per heavy atom. The van der Waals surface area contributed by atoms with Crippen molar-refractivity contribution in [2.45, 2.75) is 0 Å². The molecule has 0 aliphatic heterocycles. The zero-order chi connectivity index (χ0) is 10.8. The summed E-state index contributed by atoms with van der Waals surface area (Å²) in [5, 5.41) is 9.35. The van der Waals surface area contributed by atoms with Crippen molar-refractivity contribution in [3.63, 3.8) is 0 Å². The van der Waals surface area contributed by atoms with Gasteiger partial charge in [-0.15, -0.1) is 0 Å². The largest absolute Gasteiger partial charge is 0.332 e. The van der Waals surface area contributed by atoms with Gasteiger partial charge >= 0.3 is 0 Å². The third kappa shape index (κ3) is 1.89. The molecule has 0 radical (unpaired) electrons. The van der Waals surface area contributed by atoms with E-state index in [2.05, 4.69) is 25.9 Å². The zero-order valence-electron chi connectivity index (χ0n) is 7.46. The first kappa shape index (κ1) is 10.2. The standard InChI is InChI=1S/C10H5BrClN3/c11-9-8(5-13)14-10(15-9)6-3-1-2-4-7(6)12/h1-4H,(H,14,15). The van der Waals surface area contributed by atoms with E-state index < -0.39 is 0 Å². The lowest BCUT2D eigenvalue weighted by Crippen LogP contribution is -1.81. The third-order valence-electron chi connectivity index (χ3n) is 1.89. The van der Waals surface area contributed by atoms with E-state index in [9.17, 15) is 0 Å². The maximum atomic E-state index is 8.75. The summed E-state index contributed by atoms with van der Waals surface area (Å²) in [5.41, 5.74) is 1.10. The van der Waals surface area contributed by atoms with Crippen LogP contribution in [0.3, 0.4) is 0 Å². The number of halogens is 2. The van der Waals surface area contributed by atoms with E-state index in [0.717, 1.165) is 5.56 Å². The molecule has 5 heteroatoms. The number of rotatable bonds is 1. The molecule has 0 bridgehead atoms. The van der Waals surface area contributed by atoms with Gasteiger partial charge in [0.05, 0.1) is 5.02 Å². The van der Waals surface area contributed by atoms with Crippen LogP contribution in [0, 0.1) is 11.3 Å². The van der Waals surface area contributed by atoms with Gasteiger partial charge in [0.1, 0.15) is 16.5 Å². The van der Waals surface area contributed by atoms with Gasteiger partial charge in [0.15, 0.2) is 5.69 Å². The van der Waals surface area contributed by atoms with Gasteiger partial charge in [-0.3, -0.25) is 0 Å². The quantitative estimate of drug-likeness (QED) is 0.872. The van der Waals surface area contributed by atoms with E-state index in [1.807, 2.05) is 24.3 Å². The van der Waals surface area contributed by atoms with Crippen LogP contribution in [0.4, 0.5) is 0 Å². The molecule has 2 aromatic rings. The molecule has 0 amide bonds. The Kier molecular flexibility index (Phi) is 2.76. The Hall–Kier alpha value is -1.31. The Morgan fingerprint density at radius 2 is 2.13 bits per heavy atom. The van der Waals surface area contributed by atoms with E-state index in [0.29, 0.717) is 21.1 Å². The summed E-state index contributed by atoms with van der Waals surface area (Å²) in [6, 6.07) is 9.30. The molecule has 0 aliphatic carbocycles. The molecule has 0 unspecified atom stereocenters. The van der Waals surface area contributed by atoms with Crippen LogP contribution in [0.15, 0.2) is 28.9 Å². The lowest BCUT2D eigenvalue weighted by Gasteiger charge is -1.98. The molecule has 15 heavy (non-hydrogen) atoms. The van der Waals surface area contributed by atoms with Crippen LogP contribution >= 0.6 is 27.5 Å². The second-order valence-corrected chi connectivity index (χ2v) is 4.04. The minimum absolute atomic E-state index is 0.324. The topological polar surface area (TPSA) is 52.5 Å². The van der Waals surface area contributed by atoms with E-state index in [1.54, 1.807) is 6.07 Å². The molecule has 0 atom stereocenters. The molecule has 0 fully saturated rings. The number of aromatic nitrogens is 2. The maximum absolute atomic E-state index is 8.75. The monoisotopic (exact) mass is 281 g/mol. The van der Waals surface area contributed by atoms with Gasteiger partial charge < -0.3 is 4.98 Å². The highest BCUT2D eigenvalue weighted by molar-refractivity contribution is 9.10. The Bertz CT molecular complexity index is 542. The van der Waals surface area contributed by atoms with Gasteiger partial charge in [-0.1, -0.05) is 23.7 Å². The molecular formula is C10H5BrClN3. The number of hydrogen-bond acceptors (Lipinski definition) is 2. The molecule has 0 aliphatic rings. The normalized spacial score (nSPS) is 9.93. The lowest BCUT2D eigenvalue weighted by molar-refractivity contribution is 1.29. The van der Waals surface area contributed by atoms with E-state index >= 15 is 0 Å². The van der Waals surface area contributed by atoms with Crippen molar-refractivity contribution in [1.82, 2.24) is 9.97 Å². The van der Waals surface area contributed by atoms with E-state index in [1.165, 1.54) is 0 Å².